The molecule has 108 valence electrons. The van der Waals surface area contributed by atoms with Crippen LogP contribution < -0.4 is 10.1 Å². The van der Waals surface area contributed by atoms with E-state index in [1.54, 1.807) is 0 Å². The van der Waals surface area contributed by atoms with E-state index in [1.807, 2.05) is 0 Å². The van der Waals surface area contributed by atoms with Gasteiger partial charge in [0.2, 0.25) is 0 Å². The van der Waals surface area contributed by atoms with Crippen molar-refractivity contribution >= 4 is 15.9 Å². The number of hydrogen-bond donors (Lipinski definition) is 1. The highest BCUT2D eigenvalue weighted by Crippen LogP contribution is 2.28. The topological polar surface area (TPSA) is 21.3 Å². The summed E-state index contributed by atoms with van der Waals surface area (Å²) in [5.74, 6) is 1.71. The molecule has 0 spiro atoms. The molecule has 0 aliphatic heterocycles. The summed E-state index contributed by atoms with van der Waals surface area (Å²) in [4.78, 5) is 0. The summed E-state index contributed by atoms with van der Waals surface area (Å²) in [6.45, 7) is 11.4. The molecule has 0 unspecified atom stereocenters. The molecule has 0 amide bonds. The van der Waals surface area contributed by atoms with Crippen molar-refractivity contribution in [2.24, 2.45) is 5.92 Å². The van der Waals surface area contributed by atoms with Crippen LogP contribution in [0.15, 0.2) is 16.6 Å². The monoisotopic (exact) mass is 327 g/mol. The van der Waals surface area contributed by atoms with Crippen LogP contribution in [0, 0.1) is 12.8 Å². The van der Waals surface area contributed by atoms with Gasteiger partial charge in [-0.05, 0) is 43.5 Å². The van der Waals surface area contributed by atoms with Crippen LogP contribution >= 0.6 is 15.9 Å². The lowest BCUT2D eigenvalue weighted by atomic mass is 10.1. The Morgan fingerprint density at radius 3 is 2.68 bits per heavy atom. The number of unbranched alkanes of at least 4 members (excludes halogenated alkanes) is 1. The van der Waals surface area contributed by atoms with E-state index in [1.165, 1.54) is 11.1 Å². The van der Waals surface area contributed by atoms with Crippen molar-refractivity contribution in [3.63, 3.8) is 0 Å². The van der Waals surface area contributed by atoms with Crippen molar-refractivity contribution in [3.05, 3.63) is 27.7 Å². The Hall–Kier alpha value is -0.540. The van der Waals surface area contributed by atoms with Gasteiger partial charge in [-0.2, -0.15) is 0 Å². The highest BCUT2D eigenvalue weighted by atomic mass is 79.9. The van der Waals surface area contributed by atoms with Gasteiger partial charge in [0.1, 0.15) is 5.75 Å². The molecule has 0 saturated carbocycles. The first kappa shape index (κ1) is 16.5. The molecule has 0 aliphatic carbocycles. The molecule has 0 aliphatic rings. The highest BCUT2D eigenvalue weighted by Gasteiger charge is 2.09. The first-order chi connectivity index (χ1) is 9.04. The van der Waals surface area contributed by atoms with Crippen molar-refractivity contribution < 1.29 is 4.74 Å². The van der Waals surface area contributed by atoms with Gasteiger partial charge in [0, 0.05) is 16.6 Å². The minimum atomic E-state index is 0.665. The summed E-state index contributed by atoms with van der Waals surface area (Å²) in [7, 11) is 0. The Morgan fingerprint density at radius 2 is 2.05 bits per heavy atom. The van der Waals surface area contributed by atoms with Crippen LogP contribution in [0.2, 0.25) is 0 Å². The summed E-state index contributed by atoms with van der Waals surface area (Å²) in [5.41, 5.74) is 2.44. The lowest BCUT2D eigenvalue weighted by Crippen LogP contribution is -2.19. The zero-order valence-corrected chi connectivity index (χ0v) is 14.1. The van der Waals surface area contributed by atoms with Gasteiger partial charge in [-0.1, -0.05) is 43.1 Å². The molecular formula is C16H26BrNO. The zero-order chi connectivity index (χ0) is 14.3. The Kier molecular flexibility index (Phi) is 7.47. The lowest BCUT2D eigenvalue weighted by molar-refractivity contribution is 0.303. The Balaban J connectivity index is 2.74. The average Bonchev–Trinajstić information content (AvgIpc) is 2.32. The first-order valence-electron chi connectivity index (χ1n) is 7.17. The second kappa shape index (κ2) is 8.60. The van der Waals surface area contributed by atoms with Gasteiger partial charge in [-0.3, -0.25) is 0 Å². The van der Waals surface area contributed by atoms with Gasteiger partial charge in [0.15, 0.2) is 0 Å². The van der Waals surface area contributed by atoms with Crippen LogP contribution in [-0.2, 0) is 6.54 Å². The Labute approximate surface area is 126 Å². The SMILES string of the molecule is CCCCOc1c(C)cc(Br)cc1CNCC(C)C. The molecule has 3 heteroatoms. The molecule has 0 heterocycles. The molecule has 1 N–H and O–H groups in total. The van der Waals surface area contributed by atoms with Gasteiger partial charge >= 0.3 is 0 Å². The largest absolute Gasteiger partial charge is 0.493 e. The van der Waals surface area contributed by atoms with Crippen LogP contribution in [0.4, 0.5) is 0 Å². The maximum absolute atomic E-state index is 5.96. The summed E-state index contributed by atoms with van der Waals surface area (Å²) in [5, 5.41) is 3.49. The Morgan fingerprint density at radius 1 is 1.32 bits per heavy atom. The summed E-state index contributed by atoms with van der Waals surface area (Å²) >= 11 is 3.57. The Bertz CT molecular complexity index is 391. The molecule has 0 aromatic heterocycles. The molecule has 0 bridgehead atoms. The maximum Gasteiger partial charge on any atom is 0.126 e. The third kappa shape index (κ3) is 5.96. The summed E-state index contributed by atoms with van der Waals surface area (Å²) in [6.07, 6.45) is 2.27. The van der Waals surface area contributed by atoms with Crippen molar-refractivity contribution in [2.45, 2.75) is 47.1 Å². The van der Waals surface area contributed by atoms with Crippen LogP contribution in [0.5, 0.6) is 5.75 Å². The molecule has 1 aromatic carbocycles. The normalized spacial score (nSPS) is 11.1. The van der Waals surface area contributed by atoms with Crippen molar-refractivity contribution in [1.82, 2.24) is 5.32 Å². The smallest absolute Gasteiger partial charge is 0.126 e. The molecular weight excluding hydrogens is 302 g/mol. The predicted octanol–water partition coefficient (Wildman–Crippen LogP) is 4.68. The van der Waals surface area contributed by atoms with Gasteiger partial charge < -0.3 is 10.1 Å². The van der Waals surface area contributed by atoms with E-state index in [0.29, 0.717) is 5.92 Å². The number of nitrogens with one attached hydrogen (secondary N) is 1. The number of rotatable bonds is 8. The van der Waals surface area contributed by atoms with Gasteiger partial charge in [-0.25, -0.2) is 0 Å². The molecule has 0 fully saturated rings. The molecule has 1 aromatic rings. The molecule has 1 rings (SSSR count). The molecule has 19 heavy (non-hydrogen) atoms. The minimum Gasteiger partial charge on any atom is -0.493 e. The van der Waals surface area contributed by atoms with E-state index in [9.17, 15) is 0 Å². The van der Waals surface area contributed by atoms with Crippen molar-refractivity contribution in [2.75, 3.05) is 13.2 Å². The maximum atomic E-state index is 5.96. The van der Waals surface area contributed by atoms with Crippen molar-refractivity contribution in [3.8, 4) is 5.75 Å². The molecule has 0 atom stereocenters. The third-order valence-corrected chi connectivity index (χ3v) is 3.39. The quantitative estimate of drug-likeness (QED) is 0.700. The molecule has 0 saturated heterocycles. The molecule has 0 radical (unpaired) electrons. The van der Waals surface area contributed by atoms with E-state index in [4.69, 9.17) is 4.74 Å². The van der Waals surface area contributed by atoms with E-state index >= 15 is 0 Å². The average molecular weight is 328 g/mol. The second-order valence-electron chi connectivity index (χ2n) is 5.44. The van der Waals surface area contributed by atoms with E-state index in [2.05, 4.69) is 61.1 Å². The standard InChI is InChI=1S/C16H26BrNO/c1-5-6-7-19-16-13(4)8-15(17)9-14(16)11-18-10-12(2)3/h8-9,12,18H,5-7,10-11H2,1-4H3. The van der Waals surface area contributed by atoms with Gasteiger partial charge in [0.05, 0.1) is 6.61 Å². The predicted molar refractivity (Wildman–Crippen MR) is 85.8 cm³/mol. The number of benzene rings is 1. The minimum absolute atomic E-state index is 0.665. The van der Waals surface area contributed by atoms with E-state index in [0.717, 1.165) is 42.8 Å². The molecule has 2 nitrogen and oxygen atoms in total. The van der Waals surface area contributed by atoms with Gasteiger partial charge in [0.25, 0.3) is 0 Å². The fourth-order valence-corrected chi connectivity index (χ4v) is 2.57. The zero-order valence-electron chi connectivity index (χ0n) is 12.6. The number of halogens is 1. The van der Waals surface area contributed by atoms with Crippen LogP contribution in [0.25, 0.3) is 0 Å². The van der Waals surface area contributed by atoms with E-state index < -0.39 is 0 Å². The lowest BCUT2D eigenvalue weighted by Gasteiger charge is -2.16. The van der Waals surface area contributed by atoms with Crippen LogP contribution in [0.1, 0.15) is 44.7 Å². The number of aryl methyl sites for hydroxylation is 1. The third-order valence-electron chi connectivity index (χ3n) is 2.93. The highest BCUT2D eigenvalue weighted by molar-refractivity contribution is 9.10. The van der Waals surface area contributed by atoms with Crippen LogP contribution in [0.3, 0.4) is 0 Å². The summed E-state index contributed by atoms with van der Waals surface area (Å²) in [6, 6.07) is 4.27. The fraction of sp³-hybridized carbons (Fsp3) is 0.625. The van der Waals surface area contributed by atoms with E-state index in [-0.39, 0.29) is 0 Å². The fourth-order valence-electron chi connectivity index (χ4n) is 1.95. The first-order valence-corrected chi connectivity index (χ1v) is 7.96. The second-order valence-corrected chi connectivity index (χ2v) is 6.35. The van der Waals surface area contributed by atoms with Gasteiger partial charge in [-0.15, -0.1) is 0 Å². The van der Waals surface area contributed by atoms with Crippen LogP contribution in [-0.4, -0.2) is 13.2 Å². The number of ether oxygens (including phenoxy) is 1. The van der Waals surface area contributed by atoms with Crippen molar-refractivity contribution in [1.29, 1.82) is 0 Å². The summed E-state index contributed by atoms with van der Waals surface area (Å²) < 4.78 is 7.08. The number of hydrogen-bond acceptors (Lipinski definition) is 2.